The quantitative estimate of drug-likeness (QED) is 0.406. The molecule has 0 saturated heterocycles. The molecule has 1 N–H and O–H groups in total. The largest absolute Gasteiger partial charge is 4.00 e. The van der Waals surface area contributed by atoms with Gasteiger partial charge in [-0.05, 0) is 7.05 Å². The summed E-state index contributed by atoms with van der Waals surface area (Å²) in [5.74, 6) is 0. The zero-order valence-electron chi connectivity index (χ0n) is 5.26. The first-order chi connectivity index (χ1) is 2.27. The monoisotopic (exact) mass is 154 g/mol. The number of nitrogens with zero attached hydrogens (tertiary/aromatic N) is 1. The van der Waals surface area contributed by atoms with E-state index in [0.717, 1.165) is 0 Å². The van der Waals surface area contributed by atoms with Crippen LogP contribution in [0.15, 0.2) is 0 Å². The van der Waals surface area contributed by atoms with Gasteiger partial charge >= 0.3 is 21.7 Å². The fourth-order valence-electron chi connectivity index (χ4n) is 0. The summed E-state index contributed by atoms with van der Waals surface area (Å²) < 4.78 is 0. The van der Waals surface area contributed by atoms with Crippen molar-refractivity contribution in [2.45, 2.75) is 0 Å². The molecule has 0 atom stereocenters. The van der Waals surface area contributed by atoms with Crippen molar-refractivity contribution in [2.75, 3.05) is 21.1 Å². The minimum absolute atomic E-state index is 0. The summed E-state index contributed by atoms with van der Waals surface area (Å²) in [4.78, 5) is 0. The van der Waals surface area contributed by atoms with Crippen LogP contribution in [0.2, 0.25) is 0 Å². The molecular formula is C3H10N2O2Ti. The zero-order chi connectivity index (χ0) is 4.28. The first kappa shape index (κ1) is 23.5. The Morgan fingerprint density at radius 2 is 1.25 bits per heavy atom. The number of rotatable bonds is 1. The van der Waals surface area contributed by atoms with Gasteiger partial charge in [0.15, 0.2) is 0 Å². The Bertz CT molecular complexity index is 29.2. The van der Waals surface area contributed by atoms with Crippen LogP contribution >= 0.6 is 0 Å². The molecule has 0 amide bonds. The summed E-state index contributed by atoms with van der Waals surface area (Å²) in [5, 5.41) is 1.88. The number of hydrazine groups is 1. The average molecular weight is 154 g/mol. The third kappa shape index (κ3) is 31.0. The Morgan fingerprint density at radius 3 is 1.25 bits per heavy atom. The fourth-order valence-corrected chi connectivity index (χ4v) is 0. The van der Waals surface area contributed by atoms with Crippen molar-refractivity contribution in [3.05, 3.63) is 0 Å². The van der Waals surface area contributed by atoms with E-state index in [1.165, 1.54) is 0 Å². The van der Waals surface area contributed by atoms with E-state index < -0.39 is 0 Å². The molecule has 0 rings (SSSR count). The molecule has 0 spiro atoms. The zero-order valence-corrected chi connectivity index (χ0v) is 6.83. The third-order valence-electron chi connectivity index (χ3n) is 0.447. The van der Waals surface area contributed by atoms with E-state index in [4.69, 9.17) is 0 Å². The van der Waals surface area contributed by atoms with Crippen LogP contribution in [0, 0.1) is 0 Å². The Balaban J connectivity index is -0.0000000267. The third-order valence-corrected chi connectivity index (χ3v) is 0.447. The summed E-state index contributed by atoms with van der Waals surface area (Å²) >= 11 is 0. The van der Waals surface area contributed by atoms with Gasteiger partial charge in [0.2, 0.25) is 0 Å². The summed E-state index contributed by atoms with van der Waals surface area (Å²) in [6, 6.07) is 0. The molecular weight excluding hydrogens is 144 g/mol. The summed E-state index contributed by atoms with van der Waals surface area (Å²) in [6.45, 7) is 0. The van der Waals surface area contributed by atoms with E-state index in [-0.39, 0.29) is 32.7 Å². The van der Waals surface area contributed by atoms with E-state index in [9.17, 15) is 0 Å². The van der Waals surface area contributed by atoms with Crippen LogP contribution in [0.4, 0.5) is 0 Å². The molecule has 8 heavy (non-hydrogen) atoms. The molecule has 0 aromatic rings. The molecule has 0 radical (unpaired) electrons. The molecule has 0 unspecified atom stereocenters. The van der Waals surface area contributed by atoms with Gasteiger partial charge in [-0.3, -0.25) is 10.4 Å². The normalized spacial score (nSPS) is 6.00. The second-order valence-corrected chi connectivity index (χ2v) is 1.12. The Kier molecular flexibility index (Phi) is 46.0. The number of hydrogen-bond donors (Lipinski definition) is 1. The van der Waals surface area contributed by atoms with Gasteiger partial charge in [-0.15, -0.1) is 0 Å². The number of hydrogen-bond acceptors (Lipinski definition) is 2. The van der Waals surface area contributed by atoms with Gasteiger partial charge < -0.3 is 11.0 Å². The molecule has 0 saturated carbocycles. The second kappa shape index (κ2) is 15.6. The molecule has 0 aromatic carbocycles. The second-order valence-electron chi connectivity index (χ2n) is 1.12. The smallest absolute Gasteiger partial charge is 2.00 e. The maximum Gasteiger partial charge on any atom is 4.00 e. The molecule has 48 valence electrons. The molecule has 0 aliphatic carbocycles. The van der Waals surface area contributed by atoms with Crippen LogP contribution in [-0.2, 0) is 32.7 Å². The standard InChI is InChI=1S/C3H10N2.2O.Ti/c1-4-5(2)3;;;/h4H,1-3H3;;;/q;2*-2;+4. The van der Waals surface area contributed by atoms with Gasteiger partial charge in [0, 0.05) is 14.1 Å². The van der Waals surface area contributed by atoms with E-state index >= 15 is 0 Å². The van der Waals surface area contributed by atoms with Crippen LogP contribution in [0.25, 0.3) is 0 Å². The number of nitrogens with one attached hydrogen (secondary N) is 1. The van der Waals surface area contributed by atoms with Crippen molar-refractivity contribution >= 4 is 0 Å². The fraction of sp³-hybridized carbons (Fsp3) is 1.00. The summed E-state index contributed by atoms with van der Waals surface area (Å²) in [7, 11) is 5.76. The van der Waals surface area contributed by atoms with Crippen molar-refractivity contribution < 1.29 is 32.7 Å². The van der Waals surface area contributed by atoms with Gasteiger partial charge in [-0.2, -0.15) is 0 Å². The van der Waals surface area contributed by atoms with E-state index in [2.05, 4.69) is 5.43 Å². The van der Waals surface area contributed by atoms with Gasteiger partial charge in [-0.1, -0.05) is 0 Å². The predicted octanol–water partition coefficient (Wildman–Crippen LogP) is -0.558. The molecule has 0 bridgehead atoms. The van der Waals surface area contributed by atoms with E-state index in [1.807, 2.05) is 26.2 Å². The first-order valence-electron chi connectivity index (χ1n) is 1.62. The Labute approximate surface area is 64.7 Å². The average Bonchev–Trinajstić information content (AvgIpc) is 1.38. The van der Waals surface area contributed by atoms with Crippen molar-refractivity contribution in [1.82, 2.24) is 10.4 Å². The van der Waals surface area contributed by atoms with Crippen LogP contribution in [0.1, 0.15) is 0 Å². The van der Waals surface area contributed by atoms with Gasteiger partial charge in [-0.25, -0.2) is 0 Å². The summed E-state index contributed by atoms with van der Waals surface area (Å²) in [5.41, 5.74) is 2.86. The minimum Gasteiger partial charge on any atom is -2.00 e. The van der Waals surface area contributed by atoms with Crippen molar-refractivity contribution in [3.8, 4) is 0 Å². The minimum atomic E-state index is 0. The van der Waals surface area contributed by atoms with Crippen molar-refractivity contribution in [1.29, 1.82) is 0 Å². The topological polar surface area (TPSA) is 72.3 Å². The molecule has 0 aliphatic rings. The van der Waals surface area contributed by atoms with Crippen LogP contribution in [0.3, 0.4) is 0 Å². The molecule has 0 fully saturated rings. The summed E-state index contributed by atoms with van der Waals surface area (Å²) in [6.07, 6.45) is 0. The Hall–Kier alpha value is 0.554. The first-order valence-corrected chi connectivity index (χ1v) is 1.62. The predicted molar refractivity (Wildman–Crippen MR) is 24.1 cm³/mol. The van der Waals surface area contributed by atoms with Crippen molar-refractivity contribution in [3.63, 3.8) is 0 Å². The Morgan fingerprint density at radius 1 is 1.12 bits per heavy atom. The van der Waals surface area contributed by atoms with Crippen LogP contribution < -0.4 is 5.43 Å². The van der Waals surface area contributed by atoms with Crippen LogP contribution in [0.5, 0.6) is 0 Å². The molecule has 4 nitrogen and oxygen atoms in total. The molecule has 0 aromatic heterocycles. The SMILES string of the molecule is CNN(C)C.[O-2].[O-2].[Ti+4]. The maximum absolute atomic E-state index is 2.86. The van der Waals surface area contributed by atoms with Crippen molar-refractivity contribution in [2.24, 2.45) is 0 Å². The van der Waals surface area contributed by atoms with E-state index in [0.29, 0.717) is 0 Å². The molecule has 5 heteroatoms. The van der Waals surface area contributed by atoms with Gasteiger partial charge in [0.05, 0.1) is 0 Å². The van der Waals surface area contributed by atoms with Crippen LogP contribution in [-0.4, -0.2) is 26.2 Å². The van der Waals surface area contributed by atoms with Gasteiger partial charge in [0.1, 0.15) is 0 Å². The molecule has 0 aliphatic heterocycles. The molecule has 0 heterocycles. The maximum atomic E-state index is 2.86. The van der Waals surface area contributed by atoms with E-state index in [1.54, 1.807) is 0 Å². The van der Waals surface area contributed by atoms with Gasteiger partial charge in [0.25, 0.3) is 0 Å².